The zero-order chi connectivity index (χ0) is 19.5. The highest BCUT2D eigenvalue weighted by Gasteiger charge is 2.16. The van der Waals surface area contributed by atoms with Gasteiger partial charge in [0.05, 0.1) is 10.6 Å². The van der Waals surface area contributed by atoms with Gasteiger partial charge >= 0.3 is 5.84 Å². The Hall–Kier alpha value is -4.20. The first-order valence-electron chi connectivity index (χ1n) is 8.46. The van der Waals surface area contributed by atoms with Crippen molar-refractivity contribution >= 4 is 22.6 Å². The van der Waals surface area contributed by atoms with Gasteiger partial charge in [0.15, 0.2) is 0 Å². The van der Waals surface area contributed by atoms with Crippen molar-refractivity contribution in [3.63, 3.8) is 0 Å². The first-order chi connectivity index (χ1) is 13.7. The molecule has 0 saturated heterocycles. The molecular weight excluding hydrogens is 352 g/mol. The number of pyridine rings is 3. The Kier molecular flexibility index (Phi) is 4.43. The highest BCUT2D eigenvalue weighted by Crippen LogP contribution is 2.31. The molecule has 136 valence electrons. The smallest absolute Gasteiger partial charge is 0.354 e. The molecule has 0 aliphatic rings. The predicted molar refractivity (Wildman–Crippen MR) is 108 cm³/mol. The van der Waals surface area contributed by atoms with Gasteiger partial charge in [-0.2, -0.15) is 0 Å². The highest BCUT2D eigenvalue weighted by molar-refractivity contribution is 6.00. The number of amidine groups is 1. The summed E-state index contributed by atoms with van der Waals surface area (Å²) in [7, 11) is 0. The van der Waals surface area contributed by atoms with Crippen molar-refractivity contribution in [2.24, 2.45) is 16.2 Å². The molecule has 3 aromatic heterocycles. The van der Waals surface area contributed by atoms with E-state index < -0.39 is 0 Å². The molecule has 0 fully saturated rings. The van der Waals surface area contributed by atoms with Crippen LogP contribution in [0.15, 0.2) is 77.6 Å². The van der Waals surface area contributed by atoms with Crippen LogP contribution >= 0.6 is 0 Å². The maximum atomic E-state index is 5.92. The standard InChI is InChI=1S/C20H16N8/c21-19-17(20(22)27-28-23)10-14(11-26-19)13-1-2-18-16(9-13)15(5-8-25-18)12-3-6-24-7-4-12/h1-11H,(H2,21,26)(H3,22,23,27)/p+1. The van der Waals surface area contributed by atoms with Gasteiger partial charge in [-0.05, 0) is 53.1 Å². The van der Waals surface area contributed by atoms with Gasteiger partial charge in [-0.15, -0.1) is 0 Å². The fraction of sp³-hybridized carbons (Fsp3) is 0. The molecule has 8 nitrogen and oxygen atoms in total. The van der Waals surface area contributed by atoms with Crippen LogP contribution in [0.1, 0.15) is 5.56 Å². The maximum absolute atomic E-state index is 5.92. The van der Waals surface area contributed by atoms with Crippen LogP contribution in [-0.4, -0.2) is 20.8 Å². The van der Waals surface area contributed by atoms with Crippen LogP contribution in [0.4, 0.5) is 5.82 Å². The predicted octanol–water partition coefficient (Wildman–Crippen LogP) is 1.77. The summed E-state index contributed by atoms with van der Waals surface area (Å²) in [5.41, 5.74) is 11.2. The molecule has 4 rings (SSSR count). The van der Waals surface area contributed by atoms with Crippen molar-refractivity contribution in [2.45, 2.75) is 0 Å². The second-order valence-electron chi connectivity index (χ2n) is 6.08. The quantitative estimate of drug-likeness (QED) is 0.166. The Labute approximate surface area is 160 Å². The summed E-state index contributed by atoms with van der Waals surface area (Å²) in [5, 5.41) is 13.8. The number of hydrogen-bond donors (Lipinski definition) is 3. The first kappa shape index (κ1) is 17.2. The average Bonchev–Trinajstić information content (AvgIpc) is 2.74. The third kappa shape index (κ3) is 3.14. The van der Waals surface area contributed by atoms with E-state index in [2.05, 4.69) is 31.4 Å². The normalized spacial score (nSPS) is 11.1. The van der Waals surface area contributed by atoms with E-state index in [1.165, 1.54) is 0 Å². The number of anilines is 1. The third-order valence-corrected chi connectivity index (χ3v) is 4.43. The van der Waals surface area contributed by atoms with E-state index >= 15 is 0 Å². The van der Waals surface area contributed by atoms with E-state index in [1.54, 1.807) is 24.8 Å². The number of nitrogens with two attached hydrogens (primary N) is 3. The van der Waals surface area contributed by atoms with Gasteiger partial charge < -0.3 is 5.73 Å². The van der Waals surface area contributed by atoms with Crippen LogP contribution in [-0.2, 0) is 0 Å². The summed E-state index contributed by atoms with van der Waals surface area (Å²) < 4.78 is 0. The van der Waals surface area contributed by atoms with Gasteiger partial charge in [-0.1, -0.05) is 6.07 Å². The van der Waals surface area contributed by atoms with Crippen molar-refractivity contribution < 1.29 is 5.41 Å². The minimum absolute atomic E-state index is 0.106. The molecule has 0 saturated carbocycles. The van der Waals surface area contributed by atoms with Crippen molar-refractivity contribution in [3.8, 4) is 22.3 Å². The topological polar surface area (TPSA) is 141 Å². The Morgan fingerprint density at radius 1 is 0.893 bits per heavy atom. The maximum Gasteiger partial charge on any atom is 0.354 e. The summed E-state index contributed by atoms with van der Waals surface area (Å²) in [5.74, 6) is 5.45. The van der Waals surface area contributed by atoms with Gasteiger partial charge in [0.1, 0.15) is 11.4 Å². The van der Waals surface area contributed by atoms with Crippen molar-refractivity contribution in [2.75, 3.05) is 5.73 Å². The number of rotatable bonds is 3. The molecule has 0 radical (unpaired) electrons. The molecule has 0 unspecified atom stereocenters. The number of fused-ring (bicyclic) bond motifs is 1. The second-order valence-corrected chi connectivity index (χ2v) is 6.08. The summed E-state index contributed by atoms with van der Waals surface area (Å²) in [6.07, 6.45) is 7.03. The van der Waals surface area contributed by atoms with E-state index in [9.17, 15) is 0 Å². The van der Waals surface area contributed by atoms with Gasteiger partial charge in [-0.25, -0.2) is 4.98 Å². The summed E-state index contributed by atoms with van der Waals surface area (Å²) in [6, 6.07) is 13.8. The molecule has 0 bridgehead atoms. The molecule has 0 spiro atoms. The summed E-state index contributed by atoms with van der Waals surface area (Å²) >= 11 is 0. The third-order valence-electron chi connectivity index (χ3n) is 4.43. The van der Waals surface area contributed by atoms with Gasteiger partial charge in [0, 0.05) is 41.0 Å². The average molecular weight is 369 g/mol. The number of hydrogen-bond acceptors (Lipinski definition) is 5. The number of nitrogens with zero attached hydrogens (tertiary/aromatic N) is 5. The molecular formula is C20H17N8+. The van der Waals surface area contributed by atoms with E-state index in [0.29, 0.717) is 5.56 Å². The lowest BCUT2D eigenvalue weighted by atomic mass is 9.98. The van der Waals surface area contributed by atoms with E-state index in [0.717, 1.165) is 33.2 Å². The Morgan fingerprint density at radius 3 is 2.50 bits per heavy atom. The lowest BCUT2D eigenvalue weighted by molar-refractivity contribution is -0.114. The molecule has 0 atom stereocenters. The monoisotopic (exact) mass is 369 g/mol. The molecule has 4 aromatic rings. The minimum Gasteiger partial charge on any atom is -0.383 e. The molecule has 28 heavy (non-hydrogen) atoms. The zero-order valence-corrected chi connectivity index (χ0v) is 14.8. The lowest BCUT2D eigenvalue weighted by Gasteiger charge is -2.09. The zero-order valence-electron chi connectivity index (χ0n) is 14.8. The number of benzene rings is 1. The molecule has 3 heterocycles. The minimum atomic E-state index is 0.106. The van der Waals surface area contributed by atoms with Crippen LogP contribution < -0.4 is 17.0 Å². The number of nitrogen functional groups attached to an aromatic ring is 1. The summed E-state index contributed by atoms with van der Waals surface area (Å²) in [6.45, 7) is 0. The lowest BCUT2D eigenvalue weighted by Crippen LogP contribution is -2.39. The Bertz CT molecular complexity index is 1200. The van der Waals surface area contributed by atoms with E-state index in [1.807, 2.05) is 36.4 Å². The summed E-state index contributed by atoms with van der Waals surface area (Å²) in [4.78, 5) is 12.8. The molecule has 1 aromatic carbocycles. The molecule has 0 aliphatic carbocycles. The largest absolute Gasteiger partial charge is 0.383 e. The molecule has 6 N–H and O–H groups in total. The fourth-order valence-electron chi connectivity index (χ4n) is 3.06. The fourth-order valence-corrected chi connectivity index (χ4v) is 3.06. The van der Waals surface area contributed by atoms with E-state index in [-0.39, 0.29) is 11.7 Å². The highest BCUT2D eigenvalue weighted by atomic mass is 15.3. The van der Waals surface area contributed by atoms with E-state index in [4.69, 9.17) is 17.0 Å². The Balaban J connectivity index is 1.87. The molecule has 0 aliphatic heterocycles. The van der Waals surface area contributed by atoms with Crippen molar-refractivity contribution in [1.82, 2.24) is 15.0 Å². The second kappa shape index (κ2) is 7.20. The van der Waals surface area contributed by atoms with Gasteiger partial charge in [0.2, 0.25) is 0 Å². The van der Waals surface area contributed by atoms with Crippen LogP contribution in [0.3, 0.4) is 0 Å². The number of aromatic nitrogens is 3. The molecule has 0 amide bonds. The van der Waals surface area contributed by atoms with Crippen molar-refractivity contribution in [3.05, 3.63) is 72.8 Å². The Morgan fingerprint density at radius 2 is 1.71 bits per heavy atom. The van der Waals surface area contributed by atoms with Crippen LogP contribution in [0.25, 0.3) is 33.2 Å². The van der Waals surface area contributed by atoms with Gasteiger partial charge in [0.25, 0.3) is 0 Å². The van der Waals surface area contributed by atoms with Crippen LogP contribution in [0, 0.1) is 0 Å². The SMILES string of the molecule is NN=NC(=[NH2+])c1cc(-c2ccc3nccc(-c4ccncc4)c3c2)cnc1N. The van der Waals surface area contributed by atoms with Gasteiger partial charge in [-0.3, -0.25) is 21.2 Å². The van der Waals surface area contributed by atoms with Crippen LogP contribution in [0.2, 0.25) is 0 Å². The van der Waals surface area contributed by atoms with Crippen molar-refractivity contribution in [1.29, 1.82) is 0 Å². The molecule has 8 heteroatoms. The first-order valence-corrected chi connectivity index (χ1v) is 8.46. The van der Waals surface area contributed by atoms with Crippen LogP contribution in [0.5, 0.6) is 0 Å².